The largest absolute Gasteiger partial charge is 0.394 e. The van der Waals surface area contributed by atoms with Gasteiger partial charge in [-0.25, -0.2) is 0 Å². The molecule has 3 heteroatoms. The molecule has 0 saturated heterocycles. The summed E-state index contributed by atoms with van der Waals surface area (Å²) in [5, 5.41) is 11.5. The predicted octanol–water partition coefficient (Wildman–Crippen LogP) is 0.398. The summed E-state index contributed by atoms with van der Waals surface area (Å²) in [4.78, 5) is 0. The molecule has 0 rings (SSSR count). The maximum Gasteiger partial charge on any atom is 0.0607 e. The Labute approximate surface area is 56.7 Å². The van der Waals surface area contributed by atoms with E-state index in [0.717, 1.165) is 0 Å². The molecule has 0 aliphatic carbocycles. The second-order valence-electron chi connectivity index (χ2n) is 2.29. The summed E-state index contributed by atoms with van der Waals surface area (Å²) in [7, 11) is 1.83. The Bertz CT molecular complexity index is 50.4. The van der Waals surface area contributed by atoms with E-state index in [1.165, 1.54) is 0 Å². The zero-order valence-corrected chi connectivity index (χ0v) is 6.38. The van der Waals surface area contributed by atoms with Gasteiger partial charge in [0.2, 0.25) is 0 Å². The van der Waals surface area contributed by atoms with Gasteiger partial charge in [-0.1, -0.05) is 0 Å². The quantitative estimate of drug-likeness (QED) is 0.581. The maximum atomic E-state index is 8.53. The fourth-order valence-electron chi connectivity index (χ4n) is 0.0791. The van der Waals surface area contributed by atoms with Crippen molar-refractivity contribution in [3.8, 4) is 0 Å². The van der Waals surface area contributed by atoms with Crippen LogP contribution in [-0.4, -0.2) is 24.3 Å². The van der Waals surface area contributed by atoms with Gasteiger partial charge >= 0.3 is 0 Å². The molecule has 0 aliphatic heterocycles. The molecule has 0 aromatic heterocycles. The van der Waals surface area contributed by atoms with Crippen LogP contribution in [0.5, 0.6) is 0 Å². The van der Waals surface area contributed by atoms with Crippen LogP contribution in [0.4, 0.5) is 0 Å². The lowest BCUT2D eigenvalue weighted by molar-refractivity contribution is 0.197. The molecule has 0 unspecified atom stereocenters. The molecule has 0 aromatic carbocycles. The van der Waals surface area contributed by atoms with Gasteiger partial charge in [-0.05, 0) is 20.9 Å². The average molecular weight is 140 g/mol. The van der Waals surface area contributed by atoms with Crippen molar-refractivity contribution in [2.45, 2.75) is 19.4 Å². The molecule has 0 fully saturated rings. The Morgan fingerprint density at radius 3 is 1.88 bits per heavy atom. The van der Waals surface area contributed by atoms with E-state index in [1.807, 2.05) is 20.9 Å². The molecule has 0 heterocycles. The number of halogens is 1. The Hall–Kier alpha value is 0.210. The molecule has 0 aliphatic rings. The van der Waals surface area contributed by atoms with E-state index in [0.29, 0.717) is 0 Å². The number of aliphatic hydroxyl groups is 1. The lowest BCUT2D eigenvalue weighted by Crippen LogP contribution is -2.39. The molecule has 52 valence electrons. The van der Waals surface area contributed by atoms with Crippen LogP contribution in [0.25, 0.3) is 0 Å². The van der Waals surface area contributed by atoms with Crippen LogP contribution in [0.1, 0.15) is 13.8 Å². The van der Waals surface area contributed by atoms with Gasteiger partial charge in [0.1, 0.15) is 0 Å². The third-order valence-corrected chi connectivity index (χ3v) is 1.07. The van der Waals surface area contributed by atoms with Gasteiger partial charge in [-0.2, -0.15) is 0 Å². The van der Waals surface area contributed by atoms with Crippen molar-refractivity contribution in [1.82, 2.24) is 5.32 Å². The molecular formula is C5H14ClNO. The standard InChI is InChI=1S/C5H13NO.ClH/c1-5(2,4-7)6-3;/h6-7H,4H2,1-3H3;1H. The number of nitrogens with one attached hydrogen (secondary N) is 1. The fraction of sp³-hybridized carbons (Fsp3) is 1.00. The van der Waals surface area contributed by atoms with Crippen molar-refractivity contribution >= 4 is 12.4 Å². The maximum absolute atomic E-state index is 8.53. The van der Waals surface area contributed by atoms with Crippen LogP contribution in [0.3, 0.4) is 0 Å². The van der Waals surface area contributed by atoms with E-state index < -0.39 is 0 Å². The summed E-state index contributed by atoms with van der Waals surface area (Å²) in [6.45, 7) is 4.06. The van der Waals surface area contributed by atoms with E-state index in [9.17, 15) is 0 Å². The summed E-state index contributed by atoms with van der Waals surface area (Å²) >= 11 is 0. The number of hydrogen-bond acceptors (Lipinski definition) is 2. The van der Waals surface area contributed by atoms with Crippen LogP contribution in [0.15, 0.2) is 0 Å². The lowest BCUT2D eigenvalue weighted by Gasteiger charge is -2.19. The molecule has 8 heavy (non-hydrogen) atoms. The highest BCUT2D eigenvalue weighted by Gasteiger charge is 2.10. The molecule has 2 nitrogen and oxygen atoms in total. The van der Waals surface area contributed by atoms with E-state index in [-0.39, 0.29) is 24.6 Å². The molecule has 0 spiro atoms. The number of likely N-dealkylation sites (N-methyl/N-ethyl adjacent to an activating group) is 1. The third-order valence-electron chi connectivity index (χ3n) is 1.07. The Balaban J connectivity index is 0. The van der Waals surface area contributed by atoms with Crippen molar-refractivity contribution in [2.24, 2.45) is 0 Å². The van der Waals surface area contributed by atoms with Crippen LogP contribution in [-0.2, 0) is 0 Å². The zero-order chi connectivity index (χ0) is 5.91. The highest BCUT2D eigenvalue weighted by molar-refractivity contribution is 5.85. The molecule has 0 atom stereocenters. The van der Waals surface area contributed by atoms with Crippen LogP contribution < -0.4 is 5.32 Å². The SMILES string of the molecule is CNC(C)(C)CO.Cl. The Kier molecular flexibility index (Phi) is 5.71. The molecule has 2 N–H and O–H groups in total. The van der Waals surface area contributed by atoms with Gasteiger partial charge in [0.25, 0.3) is 0 Å². The van der Waals surface area contributed by atoms with Gasteiger partial charge in [0, 0.05) is 5.54 Å². The summed E-state index contributed by atoms with van der Waals surface area (Å²) < 4.78 is 0. The molecule has 0 amide bonds. The first-order chi connectivity index (χ1) is 3.12. The van der Waals surface area contributed by atoms with E-state index >= 15 is 0 Å². The second kappa shape index (κ2) is 4.13. The van der Waals surface area contributed by atoms with Crippen LogP contribution >= 0.6 is 12.4 Å². The normalized spacial score (nSPS) is 10.5. The first-order valence-corrected chi connectivity index (χ1v) is 2.42. The first kappa shape index (κ1) is 11.1. The Morgan fingerprint density at radius 1 is 1.50 bits per heavy atom. The fourth-order valence-corrected chi connectivity index (χ4v) is 0.0791. The van der Waals surface area contributed by atoms with Crippen LogP contribution in [0.2, 0.25) is 0 Å². The third kappa shape index (κ3) is 4.37. The zero-order valence-electron chi connectivity index (χ0n) is 5.56. The minimum Gasteiger partial charge on any atom is -0.394 e. The van der Waals surface area contributed by atoms with Gasteiger partial charge in [0.05, 0.1) is 6.61 Å². The smallest absolute Gasteiger partial charge is 0.0607 e. The minimum atomic E-state index is -0.111. The van der Waals surface area contributed by atoms with Crippen molar-refractivity contribution in [3.05, 3.63) is 0 Å². The van der Waals surface area contributed by atoms with Crippen molar-refractivity contribution < 1.29 is 5.11 Å². The van der Waals surface area contributed by atoms with Gasteiger partial charge in [-0.3, -0.25) is 0 Å². The minimum absolute atomic E-state index is 0. The lowest BCUT2D eigenvalue weighted by atomic mass is 10.1. The van der Waals surface area contributed by atoms with Gasteiger partial charge < -0.3 is 10.4 Å². The summed E-state index contributed by atoms with van der Waals surface area (Å²) in [5.74, 6) is 0. The van der Waals surface area contributed by atoms with Crippen molar-refractivity contribution in [3.63, 3.8) is 0 Å². The van der Waals surface area contributed by atoms with Gasteiger partial charge in [0.15, 0.2) is 0 Å². The molecule has 0 radical (unpaired) electrons. The average Bonchev–Trinajstić information content (AvgIpc) is 1.68. The number of rotatable bonds is 2. The number of hydrogen-bond donors (Lipinski definition) is 2. The molecular weight excluding hydrogens is 126 g/mol. The van der Waals surface area contributed by atoms with E-state index in [1.54, 1.807) is 0 Å². The topological polar surface area (TPSA) is 32.3 Å². The Morgan fingerprint density at radius 2 is 1.88 bits per heavy atom. The highest BCUT2D eigenvalue weighted by Crippen LogP contribution is 1.95. The molecule has 0 bridgehead atoms. The van der Waals surface area contributed by atoms with E-state index in [2.05, 4.69) is 5.32 Å². The second-order valence-corrected chi connectivity index (χ2v) is 2.29. The number of aliphatic hydroxyl groups excluding tert-OH is 1. The monoisotopic (exact) mass is 139 g/mol. The molecule has 0 saturated carbocycles. The first-order valence-electron chi connectivity index (χ1n) is 2.42. The van der Waals surface area contributed by atoms with Crippen LogP contribution in [0, 0.1) is 0 Å². The van der Waals surface area contributed by atoms with E-state index in [4.69, 9.17) is 5.11 Å². The van der Waals surface area contributed by atoms with Crippen molar-refractivity contribution in [1.29, 1.82) is 0 Å². The summed E-state index contributed by atoms with van der Waals surface area (Å²) in [5.41, 5.74) is -0.111. The predicted molar refractivity (Wildman–Crippen MR) is 37.5 cm³/mol. The van der Waals surface area contributed by atoms with Gasteiger partial charge in [-0.15, -0.1) is 12.4 Å². The molecule has 0 aromatic rings. The summed E-state index contributed by atoms with van der Waals surface area (Å²) in [6, 6.07) is 0. The van der Waals surface area contributed by atoms with Crippen molar-refractivity contribution in [2.75, 3.05) is 13.7 Å². The highest BCUT2D eigenvalue weighted by atomic mass is 35.5. The summed E-state index contributed by atoms with van der Waals surface area (Å²) in [6.07, 6.45) is 0.